The van der Waals surface area contributed by atoms with E-state index in [1.165, 1.54) is 5.56 Å². The second-order valence-corrected chi connectivity index (χ2v) is 7.98. The van der Waals surface area contributed by atoms with Crippen molar-refractivity contribution >= 4 is 23.6 Å². The van der Waals surface area contributed by atoms with E-state index in [0.29, 0.717) is 30.2 Å². The number of halogens is 1. The number of carbonyl (C=O) groups excluding carboxylic acids is 1. The fourth-order valence-corrected chi connectivity index (χ4v) is 3.63. The number of hydrogen-bond donors (Lipinski definition) is 2. The maximum absolute atomic E-state index is 12.9. The second kappa shape index (κ2) is 12.6. The number of likely N-dealkylation sites (N-methyl/N-ethyl adjacent to an activating group) is 1. The highest BCUT2D eigenvalue weighted by molar-refractivity contribution is 7.94. The van der Waals surface area contributed by atoms with Gasteiger partial charge in [-0.05, 0) is 43.5 Å². The van der Waals surface area contributed by atoms with Crippen molar-refractivity contribution in [1.82, 2.24) is 10.6 Å². The van der Waals surface area contributed by atoms with Crippen molar-refractivity contribution in [2.75, 3.05) is 12.8 Å². The predicted molar refractivity (Wildman–Crippen MR) is 122 cm³/mol. The molecule has 6 heteroatoms. The first kappa shape index (κ1) is 23.4. The molecule has 4 nitrogen and oxygen atoms in total. The lowest BCUT2D eigenvalue weighted by Gasteiger charge is -2.22. The van der Waals surface area contributed by atoms with E-state index in [2.05, 4.69) is 46.8 Å². The van der Waals surface area contributed by atoms with Gasteiger partial charge in [0.25, 0.3) is 0 Å². The van der Waals surface area contributed by atoms with Crippen molar-refractivity contribution in [3.63, 3.8) is 0 Å². The van der Waals surface area contributed by atoms with Crippen LogP contribution in [0.5, 0.6) is 0 Å². The Morgan fingerprint density at radius 3 is 2.69 bits per heavy atom. The van der Waals surface area contributed by atoms with E-state index in [1.807, 2.05) is 26.2 Å². The number of aryl methyl sites for hydroxylation is 1. The number of aliphatic imine (C=N–C) groups is 1. The molecule has 1 heterocycles. The molecule has 0 bridgehead atoms. The zero-order valence-electron chi connectivity index (χ0n) is 17.6. The highest BCUT2D eigenvalue weighted by Gasteiger charge is 2.27. The highest BCUT2D eigenvalue weighted by atomic mass is 32.2. The van der Waals surface area contributed by atoms with Crippen molar-refractivity contribution in [2.45, 2.75) is 52.1 Å². The minimum atomic E-state index is -0.0384. The maximum Gasteiger partial charge on any atom is 0.184 e. The van der Waals surface area contributed by atoms with Crippen LogP contribution < -0.4 is 10.6 Å². The summed E-state index contributed by atoms with van der Waals surface area (Å²) in [6, 6.07) is 8.32. The average Bonchev–Trinajstić information content (AvgIpc) is 2.74. The fourth-order valence-electron chi connectivity index (χ4n) is 3.38. The van der Waals surface area contributed by atoms with E-state index < -0.39 is 0 Å². The lowest BCUT2D eigenvalue weighted by atomic mass is 9.90. The van der Waals surface area contributed by atoms with Gasteiger partial charge in [-0.2, -0.15) is 3.89 Å². The third kappa shape index (κ3) is 7.12. The molecule has 0 aliphatic carbocycles. The molecule has 0 saturated carbocycles. The first-order chi connectivity index (χ1) is 14.1. The van der Waals surface area contributed by atoms with Crippen LogP contribution in [0.2, 0.25) is 0 Å². The van der Waals surface area contributed by atoms with Gasteiger partial charge >= 0.3 is 0 Å². The SMILES string of the molecule is CCCC(C)C(=O)C1=NC=CC(NC)/C1=C\NCc1ccc(CCCSF)cc1. The Kier molecular flexibility index (Phi) is 10.2. The average molecular weight is 418 g/mol. The van der Waals surface area contributed by atoms with Gasteiger partial charge in [-0.3, -0.25) is 9.79 Å². The van der Waals surface area contributed by atoms with Gasteiger partial charge in [0, 0.05) is 48.3 Å². The molecule has 1 aromatic rings. The summed E-state index contributed by atoms with van der Waals surface area (Å²) in [6.07, 6.45) is 9.16. The molecule has 1 aliphatic rings. The monoisotopic (exact) mass is 417 g/mol. The molecule has 0 fully saturated rings. The molecular formula is C23H32FN3OS. The summed E-state index contributed by atoms with van der Waals surface area (Å²) in [5.74, 6) is 0.604. The van der Waals surface area contributed by atoms with Gasteiger partial charge in [-0.25, -0.2) is 0 Å². The molecule has 2 rings (SSSR count). The van der Waals surface area contributed by atoms with Crippen molar-refractivity contribution in [1.29, 1.82) is 0 Å². The maximum atomic E-state index is 12.9. The third-order valence-electron chi connectivity index (χ3n) is 5.08. The molecule has 0 amide bonds. The molecule has 2 unspecified atom stereocenters. The number of nitrogens with one attached hydrogen (secondary N) is 2. The molecular weight excluding hydrogens is 385 g/mol. The third-order valence-corrected chi connectivity index (χ3v) is 5.52. The van der Waals surface area contributed by atoms with E-state index in [0.717, 1.165) is 36.8 Å². The summed E-state index contributed by atoms with van der Waals surface area (Å²) in [7, 11) is 1.88. The number of benzene rings is 1. The molecule has 158 valence electrons. The zero-order chi connectivity index (χ0) is 21.1. The molecule has 0 spiro atoms. The van der Waals surface area contributed by atoms with E-state index in [1.54, 1.807) is 6.20 Å². The molecule has 2 atom stereocenters. The summed E-state index contributed by atoms with van der Waals surface area (Å²) in [4.78, 5) is 17.2. The van der Waals surface area contributed by atoms with Gasteiger partial charge in [-0.1, -0.05) is 44.5 Å². The normalized spacial score (nSPS) is 18.6. The molecule has 2 N–H and O–H groups in total. The quantitative estimate of drug-likeness (QED) is 0.481. The number of Topliss-reactive ketones (excluding diaryl/α,β-unsaturated/α-hetero) is 1. The first-order valence-corrected chi connectivity index (χ1v) is 11.2. The number of rotatable bonds is 12. The largest absolute Gasteiger partial charge is 0.386 e. The van der Waals surface area contributed by atoms with Crippen LogP contribution >= 0.6 is 12.1 Å². The summed E-state index contributed by atoms with van der Waals surface area (Å²) < 4.78 is 12.1. The number of ketones is 1. The predicted octanol–water partition coefficient (Wildman–Crippen LogP) is 4.77. The van der Waals surface area contributed by atoms with E-state index >= 15 is 0 Å². The van der Waals surface area contributed by atoms with Crippen LogP contribution in [0, 0.1) is 5.92 Å². The van der Waals surface area contributed by atoms with Crippen LogP contribution in [0.1, 0.15) is 44.2 Å². The van der Waals surface area contributed by atoms with Gasteiger partial charge in [-0.15, -0.1) is 0 Å². The Morgan fingerprint density at radius 1 is 1.31 bits per heavy atom. The molecule has 0 radical (unpaired) electrons. The Hall–Kier alpha value is -1.92. The molecule has 29 heavy (non-hydrogen) atoms. The molecule has 0 aromatic heterocycles. The zero-order valence-corrected chi connectivity index (χ0v) is 18.4. The number of carbonyl (C=O) groups is 1. The van der Waals surface area contributed by atoms with Crippen LogP contribution in [0.4, 0.5) is 3.89 Å². The van der Waals surface area contributed by atoms with E-state index in [-0.39, 0.29) is 17.7 Å². The van der Waals surface area contributed by atoms with Gasteiger partial charge in [0.1, 0.15) is 5.71 Å². The van der Waals surface area contributed by atoms with Gasteiger partial charge in [0.05, 0.1) is 6.04 Å². The van der Waals surface area contributed by atoms with Crippen molar-refractivity contribution in [3.8, 4) is 0 Å². The van der Waals surface area contributed by atoms with Gasteiger partial charge in [0.2, 0.25) is 0 Å². The van der Waals surface area contributed by atoms with Crippen LogP contribution in [0.25, 0.3) is 0 Å². The molecule has 1 aromatic carbocycles. The summed E-state index contributed by atoms with van der Waals surface area (Å²) in [5.41, 5.74) is 3.80. The van der Waals surface area contributed by atoms with Gasteiger partial charge < -0.3 is 10.6 Å². The number of nitrogens with zero attached hydrogens (tertiary/aromatic N) is 1. The van der Waals surface area contributed by atoms with Crippen molar-refractivity contribution in [2.24, 2.45) is 10.9 Å². The first-order valence-electron chi connectivity index (χ1n) is 10.3. The van der Waals surface area contributed by atoms with Crippen molar-refractivity contribution in [3.05, 3.63) is 59.4 Å². The van der Waals surface area contributed by atoms with Crippen LogP contribution in [0.3, 0.4) is 0 Å². The fraction of sp³-hybridized carbons (Fsp3) is 0.478. The lowest BCUT2D eigenvalue weighted by molar-refractivity contribution is -0.116. The minimum Gasteiger partial charge on any atom is -0.386 e. The van der Waals surface area contributed by atoms with Crippen LogP contribution in [0.15, 0.2) is 53.3 Å². The van der Waals surface area contributed by atoms with E-state index in [9.17, 15) is 8.68 Å². The Bertz CT molecular complexity index is 743. The smallest absolute Gasteiger partial charge is 0.184 e. The highest BCUT2D eigenvalue weighted by Crippen LogP contribution is 2.18. The van der Waals surface area contributed by atoms with Crippen LogP contribution in [-0.4, -0.2) is 30.3 Å². The Morgan fingerprint density at radius 2 is 2.03 bits per heavy atom. The number of hydrogen-bond acceptors (Lipinski definition) is 5. The van der Waals surface area contributed by atoms with E-state index in [4.69, 9.17) is 0 Å². The Labute approximate surface area is 178 Å². The van der Waals surface area contributed by atoms with Crippen molar-refractivity contribution < 1.29 is 8.68 Å². The standard InChI is InChI=1S/C23H32FN3OS/c1-4-6-17(2)23(28)22-20(21(25-3)12-13-27-22)16-26-15-19-10-8-18(9-11-19)7-5-14-29-24/h8-13,16-17,21,25-26H,4-7,14-15H2,1-3H3/b20-16+. The lowest BCUT2D eigenvalue weighted by Crippen LogP contribution is -2.37. The topological polar surface area (TPSA) is 53.5 Å². The minimum absolute atomic E-state index is 0.0329. The summed E-state index contributed by atoms with van der Waals surface area (Å²) >= 11 is 0.397. The summed E-state index contributed by atoms with van der Waals surface area (Å²) in [6.45, 7) is 4.72. The van der Waals surface area contributed by atoms with Gasteiger partial charge in [0.15, 0.2) is 5.78 Å². The molecule has 0 saturated heterocycles. The Balaban J connectivity index is 2.02. The second-order valence-electron chi connectivity index (χ2n) is 7.35. The molecule has 1 aliphatic heterocycles. The van der Waals surface area contributed by atoms with Crippen LogP contribution in [-0.2, 0) is 17.8 Å². The summed E-state index contributed by atoms with van der Waals surface area (Å²) in [5, 5.41) is 6.58.